The van der Waals surface area contributed by atoms with Gasteiger partial charge in [0.25, 0.3) is 0 Å². The third kappa shape index (κ3) is 3.63. The minimum absolute atomic E-state index is 0.0443. The first-order chi connectivity index (χ1) is 7.15. The standard InChI is InChI=1S/C11H20N2O2/c1-9(14)10-5-3-4-7-13(10)8-6-11(15)12-2/h10H,3-8H2,1-2H3,(H,12,15). The van der Waals surface area contributed by atoms with E-state index >= 15 is 0 Å². The molecular formula is C11H20N2O2. The fourth-order valence-corrected chi connectivity index (χ4v) is 2.09. The van der Waals surface area contributed by atoms with Crippen LogP contribution in [0.5, 0.6) is 0 Å². The summed E-state index contributed by atoms with van der Waals surface area (Å²) in [4.78, 5) is 24.6. The second-order valence-corrected chi connectivity index (χ2v) is 4.08. The molecule has 4 nitrogen and oxygen atoms in total. The van der Waals surface area contributed by atoms with Gasteiger partial charge in [-0.25, -0.2) is 0 Å². The lowest BCUT2D eigenvalue weighted by atomic mass is 9.99. The van der Waals surface area contributed by atoms with E-state index in [1.54, 1.807) is 14.0 Å². The van der Waals surface area contributed by atoms with Crippen molar-refractivity contribution in [2.45, 2.75) is 38.6 Å². The lowest BCUT2D eigenvalue weighted by molar-refractivity contribution is -0.125. The molecule has 1 aliphatic rings. The molecule has 1 fully saturated rings. The van der Waals surface area contributed by atoms with E-state index in [1.807, 2.05) is 0 Å². The Kier molecular flexibility index (Phi) is 4.75. The maximum atomic E-state index is 11.4. The number of hydrogen-bond acceptors (Lipinski definition) is 3. The molecule has 0 aromatic rings. The molecule has 1 atom stereocenters. The van der Waals surface area contributed by atoms with Crippen LogP contribution >= 0.6 is 0 Å². The molecule has 1 unspecified atom stereocenters. The molecule has 1 amide bonds. The summed E-state index contributed by atoms with van der Waals surface area (Å²) in [5, 5.41) is 2.60. The Morgan fingerprint density at radius 1 is 1.40 bits per heavy atom. The van der Waals surface area contributed by atoms with E-state index in [0.717, 1.165) is 25.8 Å². The predicted octanol–water partition coefficient (Wildman–Crippen LogP) is 0.566. The number of Topliss-reactive ketones (excluding diaryl/α,β-unsaturated/α-hetero) is 1. The zero-order chi connectivity index (χ0) is 11.3. The molecular weight excluding hydrogens is 192 g/mol. The summed E-state index contributed by atoms with van der Waals surface area (Å²) in [5.74, 6) is 0.273. The van der Waals surface area contributed by atoms with E-state index in [-0.39, 0.29) is 17.7 Å². The Morgan fingerprint density at radius 3 is 2.73 bits per heavy atom. The van der Waals surface area contributed by atoms with Crippen LogP contribution in [0.25, 0.3) is 0 Å². The van der Waals surface area contributed by atoms with Crippen LogP contribution in [0.4, 0.5) is 0 Å². The summed E-state index contributed by atoms with van der Waals surface area (Å²) in [6.07, 6.45) is 3.70. The minimum Gasteiger partial charge on any atom is -0.359 e. The van der Waals surface area contributed by atoms with Gasteiger partial charge in [0.15, 0.2) is 0 Å². The number of hydrogen-bond donors (Lipinski definition) is 1. The number of carbonyl (C=O) groups is 2. The highest BCUT2D eigenvalue weighted by Crippen LogP contribution is 2.17. The molecule has 0 saturated carbocycles. The molecule has 1 heterocycles. The summed E-state index contributed by atoms with van der Waals surface area (Å²) >= 11 is 0. The monoisotopic (exact) mass is 212 g/mol. The molecule has 0 spiro atoms. The Bertz CT molecular complexity index is 241. The molecule has 1 saturated heterocycles. The van der Waals surface area contributed by atoms with Crippen molar-refractivity contribution >= 4 is 11.7 Å². The minimum atomic E-state index is 0.0443. The van der Waals surface area contributed by atoms with Crippen LogP contribution < -0.4 is 5.32 Å². The Balaban J connectivity index is 2.42. The van der Waals surface area contributed by atoms with E-state index in [0.29, 0.717) is 13.0 Å². The lowest BCUT2D eigenvalue weighted by Crippen LogP contribution is -2.45. The van der Waals surface area contributed by atoms with Crippen LogP contribution in [0.15, 0.2) is 0 Å². The van der Waals surface area contributed by atoms with Crippen molar-refractivity contribution in [1.29, 1.82) is 0 Å². The number of carbonyl (C=O) groups excluding carboxylic acids is 2. The van der Waals surface area contributed by atoms with Crippen molar-refractivity contribution in [3.63, 3.8) is 0 Å². The molecule has 0 aromatic carbocycles. The maximum Gasteiger partial charge on any atom is 0.221 e. The van der Waals surface area contributed by atoms with Gasteiger partial charge in [-0.05, 0) is 26.3 Å². The Labute approximate surface area is 91.0 Å². The average Bonchev–Trinajstić information content (AvgIpc) is 2.26. The van der Waals surface area contributed by atoms with Crippen LogP contribution in [0.1, 0.15) is 32.6 Å². The van der Waals surface area contributed by atoms with E-state index in [4.69, 9.17) is 0 Å². The average molecular weight is 212 g/mol. The van der Waals surface area contributed by atoms with Crippen LogP contribution in [-0.2, 0) is 9.59 Å². The van der Waals surface area contributed by atoms with Gasteiger partial charge in [-0.1, -0.05) is 6.42 Å². The second-order valence-electron chi connectivity index (χ2n) is 4.08. The van der Waals surface area contributed by atoms with Gasteiger partial charge >= 0.3 is 0 Å². The van der Waals surface area contributed by atoms with Gasteiger partial charge in [0, 0.05) is 20.0 Å². The molecule has 1 rings (SSSR count). The Morgan fingerprint density at radius 2 is 2.13 bits per heavy atom. The number of amides is 1. The first kappa shape index (κ1) is 12.2. The lowest BCUT2D eigenvalue weighted by Gasteiger charge is -2.33. The van der Waals surface area contributed by atoms with Gasteiger partial charge < -0.3 is 5.32 Å². The molecule has 0 radical (unpaired) electrons. The molecule has 86 valence electrons. The van der Waals surface area contributed by atoms with Gasteiger partial charge in [-0.15, -0.1) is 0 Å². The van der Waals surface area contributed by atoms with Crippen LogP contribution in [0, 0.1) is 0 Å². The van der Waals surface area contributed by atoms with Crippen LogP contribution in [-0.4, -0.2) is 42.8 Å². The molecule has 0 aliphatic carbocycles. The number of nitrogens with zero attached hydrogens (tertiary/aromatic N) is 1. The second kappa shape index (κ2) is 5.85. The quantitative estimate of drug-likeness (QED) is 0.741. The summed E-state index contributed by atoms with van der Waals surface area (Å²) in [6, 6.07) is 0.0448. The summed E-state index contributed by atoms with van der Waals surface area (Å²) in [6.45, 7) is 3.29. The van der Waals surface area contributed by atoms with E-state index in [9.17, 15) is 9.59 Å². The third-order valence-electron chi connectivity index (χ3n) is 2.99. The normalized spacial score (nSPS) is 22.4. The molecule has 1 N–H and O–H groups in total. The highest BCUT2D eigenvalue weighted by atomic mass is 16.1. The van der Waals surface area contributed by atoms with Crippen LogP contribution in [0.2, 0.25) is 0 Å². The zero-order valence-electron chi connectivity index (χ0n) is 9.58. The van der Waals surface area contributed by atoms with Crippen molar-refractivity contribution in [1.82, 2.24) is 10.2 Å². The number of likely N-dealkylation sites (tertiary alicyclic amines) is 1. The Hall–Kier alpha value is -0.900. The van der Waals surface area contributed by atoms with Gasteiger partial charge in [0.1, 0.15) is 5.78 Å². The zero-order valence-corrected chi connectivity index (χ0v) is 9.58. The summed E-state index contributed by atoms with van der Waals surface area (Å²) < 4.78 is 0. The SMILES string of the molecule is CNC(=O)CCN1CCCCC1C(C)=O. The van der Waals surface area contributed by atoms with Crippen molar-refractivity contribution in [3.8, 4) is 0 Å². The first-order valence-corrected chi connectivity index (χ1v) is 5.60. The smallest absolute Gasteiger partial charge is 0.221 e. The third-order valence-corrected chi connectivity index (χ3v) is 2.99. The van der Waals surface area contributed by atoms with Crippen molar-refractivity contribution in [3.05, 3.63) is 0 Å². The molecule has 4 heteroatoms. The van der Waals surface area contributed by atoms with Gasteiger partial charge in [0.2, 0.25) is 5.91 Å². The van der Waals surface area contributed by atoms with Crippen molar-refractivity contribution < 1.29 is 9.59 Å². The molecule has 1 aliphatic heterocycles. The molecule has 15 heavy (non-hydrogen) atoms. The van der Waals surface area contributed by atoms with E-state index < -0.39 is 0 Å². The van der Waals surface area contributed by atoms with Crippen molar-refractivity contribution in [2.75, 3.05) is 20.1 Å². The largest absolute Gasteiger partial charge is 0.359 e. The van der Waals surface area contributed by atoms with Gasteiger partial charge in [-0.3, -0.25) is 14.5 Å². The first-order valence-electron chi connectivity index (χ1n) is 5.60. The maximum absolute atomic E-state index is 11.4. The van der Waals surface area contributed by atoms with Crippen molar-refractivity contribution in [2.24, 2.45) is 0 Å². The van der Waals surface area contributed by atoms with E-state index in [1.165, 1.54) is 0 Å². The van der Waals surface area contributed by atoms with Gasteiger partial charge in [0.05, 0.1) is 6.04 Å². The number of nitrogens with one attached hydrogen (secondary N) is 1. The number of rotatable bonds is 4. The fourth-order valence-electron chi connectivity index (χ4n) is 2.09. The van der Waals surface area contributed by atoms with Gasteiger partial charge in [-0.2, -0.15) is 0 Å². The highest BCUT2D eigenvalue weighted by Gasteiger charge is 2.25. The predicted molar refractivity (Wildman–Crippen MR) is 58.6 cm³/mol. The fraction of sp³-hybridized carbons (Fsp3) is 0.818. The van der Waals surface area contributed by atoms with E-state index in [2.05, 4.69) is 10.2 Å². The highest BCUT2D eigenvalue weighted by molar-refractivity contribution is 5.81. The molecule has 0 bridgehead atoms. The number of ketones is 1. The number of piperidine rings is 1. The molecule has 0 aromatic heterocycles. The topological polar surface area (TPSA) is 49.4 Å². The summed E-state index contributed by atoms with van der Waals surface area (Å²) in [5.41, 5.74) is 0. The van der Waals surface area contributed by atoms with Crippen LogP contribution in [0.3, 0.4) is 0 Å². The summed E-state index contributed by atoms with van der Waals surface area (Å²) in [7, 11) is 1.64.